The third kappa shape index (κ3) is 3.57. The lowest BCUT2D eigenvalue weighted by Gasteiger charge is -2.05. The van der Waals surface area contributed by atoms with E-state index in [-0.39, 0.29) is 6.61 Å². The summed E-state index contributed by atoms with van der Waals surface area (Å²) in [5.74, 6) is 0.747. The van der Waals surface area contributed by atoms with Crippen LogP contribution in [0.4, 0.5) is 0 Å². The molecule has 0 radical (unpaired) electrons. The summed E-state index contributed by atoms with van der Waals surface area (Å²) in [4.78, 5) is 6.30. The monoisotopic (exact) mass is 184 g/mol. The molecule has 0 spiro atoms. The first-order valence-electron chi connectivity index (χ1n) is 4.41. The Kier molecular flexibility index (Phi) is 3.92. The van der Waals surface area contributed by atoms with Gasteiger partial charge in [0.2, 0.25) is 0 Å². The van der Waals surface area contributed by atoms with E-state index in [1.54, 1.807) is 6.26 Å². The van der Waals surface area contributed by atoms with Gasteiger partial charge in [-0.25, -0.2) is 4.98 Å². The van der Waals surface area contributed by atoms with Gasteiger partial charge in [0.25, 0.3) is 0 Å². The van der Waals surface area contributed by atoms with Gasteiger partial charge >= 0.3 is 0 Å². The molecular formula is C9H16N2O2. The van der Waals surface area contributed by atoms with Gasteiger partial charge in [0.15, 0.2) is 5.89 Å². The number of hydrogen-bond acceptors (Lipinski definition) is 4. The third-order valence-corrected chi connectivity index (χ3v) is 1.74. The van der Waals surface area contributed by atoms with E-state index in [9.17, 15) is 0 Å². The van der Waals surface area contributed by atoms with Crippen LogP contribution < -0.4 is 0 Å². The lowest BCUT2D eigenvalue weighted by molar-refractivity contribution is 0.298. The van der Waals surface area contributed by atoms with Crippen LogP contribution in [-0.4, -0.2) is 42.2 Å². The van der Waals surface area contributed by atoms with Crippen molar-refractivity contribution in [2.24, 2.45) is 0 Å². The maximum absolute atomic E-state index is 8.66. The molecule has 0 aliphatic heterocycles. The fraction of sp³-hybridized carbons (Fsp3) is 0.667. The number of aliphatic hydroxyl groups excluding tert-OH is 1. The maximum Gasteiger partial charge on any atom is 0.195 e. The second-order valence-corrected chi connectivity index (χ2v) is 3.26. The Morgan fingerprint density at radius 1 is 1.46 bits per heavy atom. The number of aromatic nitrogens is 1. The molecular weight excluding hydrogens is 168 g/mol. The second kappa shape index (κ2) is 4.99. The van der Waals surface area contributed by atoms with Crippen LogP contribution in [0, 0.1) is 0 Å². The standard InChI is InChI=1S/C9H16N2O2/c1-11(2)5-3-9-10-8(4-6-12)7-13-9/h7,12H,3-6H2,1-2H3. The van der Waals surface area contributed by atoms with Crippen molar-refractivity contribution in [3.63, 3.8) is 0 Å². The molecule has 0 atom stereocenters. The Morgan fingerprint density at radius 3 is 2.85 bits per heavy atom. The van der Waals surface area contributed by atoms with Crippen LogP contribution in [0.25, 0.3) is 0 Å². The average Bonchev–Trinajstić information content (AvgIpc) is 2.50. The maximum atomic E-state index is 8.66. The van der Waals surface area contributed by atoms with Gasteiger partial charge in [-0.05, 0) is 14.1 Å². The molecule has 0 aliphatic rings. The number of likely N-dealkylation sites (N-methyl/N-ethyl adjacent to an activating group) is 1. The van der Waals surface area contributed by atoms with Gasteiger partial charge < -0.3 is 14.4 Å². The highest BCUT2D eigenvalue weighted by molar-refractivity contribution is 4.96. The Morgan fingerprint density at radius 2 is 2.23 bits per heavy atom. The van der Waals surface area contributed by atoms with Crippen molar-refractivity contribution in [2.75, 3.05) is 27.2 Å². The molecule has 0 aliphatic carbocycles. The number of oxazole rings is 1. The fourth-order valence-electron chi connectivity index (χ4n) is 1.01. The number of rotatable bonds is 5. The highest BCUT2D eigenvalue weighted by Gasteiger charge is 2.03. The molecule has 1 rings (SSSR count). The SMILES string of the molecule is CN(C)CCc1nc(CCO)co1. The summed E-state index contributed by atoms with van der Waals surface area (Å²) >= 11 is 0. The van der Waals surface area contributed by atoms with E-state index in [1.807, 2.05) is 14.1 Å². The molecule has 0 saturated heterocycles. The molecule has 0 saturated carbocycles. The van der Waals surface area contributed by atoms with Crippen LogP contribution in [0.2, 0.25) is 0 Å². The summed E-state index contributed by atoms with van der Waals surface area (Å²) in [6.07, 6.45) is 3.01. The number of nitrogens with zero attached hydrogens (tertiary/aromatic N) is 2. The van der Waals surface area contributed by atoms with E-state index < -0.39 is 0 Å². The van der Waals surface area contributed by atoms with Gasteiger partial charge in [-0.1, -0.05) is 0 Å². The van der Waals surface area contributed by atoms with Gasteiger partial charge in [-0.15, -0.1) is 0 Å². The van der Waals surface area contributed by atoms with E-state index >= 15 is 0 Å². The first kappa shape index (κ1) is 10.2. The zero-order valence-electron chi connectivity index (χ0n) is 8.16. The molecule has 4 nitrogen and oxygen atoms in total. The molecule has 1 heterocycles. The lowest BCUT2D eigenvalue weighted by atomic mass is 10.3. The lowest BCUT2D eigenvalue weighted by Crippen LogP contribution is -2.15. The largest absolute Gasteiger partial charge is 0.449 e. The molecule has 0 aromatic carbocycles. The average molecular weight is 184 g/mol. The summed E-state index contributed by atoms with van der Waals surface area (Å²) in [6.45, 7) is 1.05. The topological polar surface area (TPSA) is 49.5 Å². The summed E-state index contributed by atoms with van der Waals surface area (Å²) in [5.41, 5.74) is 0.830. The van der Waals surface area contributed by atoms with E-state index in [1.165, 1.54) is 0 Å². The zero-order valence-corrected chi connectivity index (χ0v) is 8.16. The zero-order chi connectivity index (χ0) is 9.68. The predicted molar refractivity (Wildman–Crippen MR) is 49.6 cm³/mol. The van der Waals surface area contributed by atoms with Crippen LogP contribution in [0.3, 0.4) is 0 Å². The summed E-state index contributed by atoms with van der Waals surface area (Å²) < 4.78 is 5.22. The van der Waals surface area contributed by atoms with Crippen molar-refractivity contribution in [3.05, 3.63) is 17.8 Å². The van der Waals surface area contributed by atoms with Gasteiger partial charge in [-0.3, -0.25) is 0 Å². The third-order valence-electron chi connectivity index (χ3n) is 1.74. The Labute approximate surface area is 78.2 Å². The highest BCUT2D eigenvalue weighted by Crippen LogP contribution is 2.03. The fourth-order valence-corrected chi connectivity index (χ4v) is 1.01. The minimum absolute atomic E-state index is 0.125. The molecule has 0 bridgehead atoms. The predicted octanol–water partition coefficient (Wildman–Crippen LogP) is 0.313. The van der Waals surface area contributed by atoms with Crippen LogP contribution in [-0.2, 0) is 12.8 Å². The number of hydrogen-bond donors (Lipinski definition) is 1. The Bertz CT molecular complexity index is 246. The van der Waals surface area contributed by atoms with Gasteiger partial charge in [0.1, 0.15) is 6.26 Å². The van der Waals surface area contributed by atoms with Crippen molar-refractivity contribution in [2.45, 2.75) is 12.8 Å². The van der Waals surface area contributed by atoms with Crippen LogP contribution in [0.5, 0.6) is 0 Å². The molecule has 1 N–H and O–H groups in total. The van der Waals surface area contributed by atoms with Crippen molar-refractivity contribution in [1.82, 2.24) is 9.88 Å². The van der Waals surface area contributed by atoms with Gasteiger partial charge in [0, 0.05) is 26.0 Å². The summed E-state index contributed by atoms with van der Waals surface area (Å²) in [7, 11) is 4.02. The second-order valence-electron chi connectivity index (χ2n) is 3.26. The van der Waals surface area contributed by atoms with E-state index in [4.69, 9.17) is 9.52 Å². The van der Waals surface area contributed by atoms with Crippen molar-refractivity contribution >= 4 is 0 Å². The van der Waals surface area contributed by atoms with Crippen LogP contribution in [0.1, 0.15) is 11.6 Å². The van der Waals surface area contributed by atoms with Crippen molar-refractivity contribution in [3.8, 4) is 0 Å². The first-order chi connectivity index (χ1) is 6.22. The Balaban J connectivity index is 2.39. The smallest absolute Gasteiger partial charge is 0.195 e. The van der Waals surface area contributed by atoms with Crippen molar-refractivity contribution in [1.29, 1.82) is 0 Å². The van der Waals surface area contributed by atoms with Crippen LogP contribution in [0.15, 0.2) is 10.7 Å². The minimum Gasteiger partial charge on any atom is -0.449 e. The molecule has 4 heteroatoms. The summed E-state index contributed by atoms with van der Waals surface area (Å²) in [6, 6.07) is 0. The molecule has 0 fully saturated rings. The van der Waals surface area contributed by atoms with E-state index in [0.29, 0.717) is 6.42 Å². The van der Waals surface area contributed by atoms with Crippen LogP contribution >= 0.6 is 0 Å². The molecule has 0 amide bonds. The molecule has 13 heavy (non-hydrogen) atoms. The van der Waals surface area contributed by atoms with Gasteiger partial charge in [0.05, 0.1) is 5.69 Å². The van der Waals surface area contributed by atoms with E-state index in [0.717, 1.165) is 24.6 Å². The normalized spacial score (nSPS) is 11.1. The van der Waals surface area contributed by atoms with Crippen molar-refractivity contribution < 1.29 is 9.52 Å². The first-order valence-corrected chi connectivity index (χ1v) is 4.41. The van der Waals surface area contributed by atoms with E-state index in [2.05, 4.69) is 9.88 Å². The molecule has 74 valence electrons. The molecule has 0 unspecified atom stereocenters. The quantitative estimate of drug-likeness (QED) is 0.715. The van der Waals surface area contributed by atoms with Gasteiger partial charge in [-0.2, -0.15) is 0 Å². The summed E-state index contributed by atoms with van der Waals surface area (Å²) in [5, 5.41) is 8.66. The highest BCUT2D eigenvalue weighted by atomic mass is 16.3. The molecule has 1 aromatic heterocycles. The number of aliphatic hydroxyl groups is 1. The molecule has 1 aromatic rings. The minimum atomic E-state index is 0.125. The Hall–Kier alpha value is -0.870.